The molecule has 0 aliphatic carbocycles. The maximum atomic E-state index is 13.0. The molecule has 12 heteroatoms. The van der Waals surface area contributed by atoms with E-state index in [0.717, 1.165) is 5.56 Å². The van der Waals surface area contributed by atoms with Crippen molar-refractivity contribution in [2.24, 2.45) is 0 Å². The summed E-state index contributed by atoms with van der Waals surface area (Å²) in [4.78, 5) is 45.4. The van der Waals surface area contributed by atoms with E-state index in [2.05, 4.69) is 31.0 Å². The number of methoxy groups -OCH3 is 1. The Bertz CT molecular complexity index is 1740. The Morgan fingerprint density at radius 3 is 2.58 bits per heavy atom. The Balaban J connectivity index is 1.36. The monoisotopic (exact) mass is 539 g/mol. The summed E-state index contributed by atoms with van der Waals surface area (Å²) in [6.45, 7) is 1.86. The number of aryl methyl sites for hydroxylation is 1. The van der Waals surface area contributed by atoms with Crippen molar-refractivity contribution in [2.45, 2.75) is 6.92 Å². The average Bonchev–Trinajstić information content (AvgIpc) is 3.30. The van der Waals surface area contributed by atoms with Crippen molar-refractivity contribution in [3.63, 3.8) is 0 Å². The highest BCUT2D eigenvalue weighted by atomic mass is 16.5. The van der Waals surface area contributed by atoms with Gasteiger partial charge in [-0.25, -0.2) is 14.5 Å². The second-order valence-corrected chi connectivity index (χ2v) is 8.73. The molecule has 5 rings (SSSR count). The Labute approximate surface area is 228 Å². The molecule has 0 spiro atoms. The zero-order valence-electron chi connectivity index (χ0n) is 21.6. The van der Waals surface area contributed by atoms with Crippen LogP contribution < -0.4 is 26.2 Å². The van der Waals surface area contributed by atoms with Crippen molar-refractivity contribution in [3.05, 3.63) is 95.0 Å². The lowest BCUT2D eigenvalue weighted by Crippen LogP contribution is -2.21. The molecule has 12 nitrogen and oxygen atoms in total. The number of benzene rings is 2. The van der Waals surface area contributed by atoms with Crippen molar-refractivity contribution >= 4 is 40.2 Å². The number of aromatic amines is 1. The van der Waals surface area contributed by atoms with Crippen molar-refractivity contribution in [1.82, 2.24) is 19.7 Å². The topological polar surface area (TPSA) is 152 Å². The summed E-state index contributed by atoms with van der Waals surface area (Å²) in [7, 11) is 1.43. The molecule has 40 heavy (non-hydrogen) atoms. The molecule has 3 heterocycles. The first-order chi connectivity index (χ1) is 19.4. The van der Waals surface area contributed by atoms with Crippen LogP contribution in [0.4, 0.5) is 22.1 Å². The molecule has 0 unspecified atom stereocenters. The summed E-state index contributed by atoms with van der Waals surface area (Å²) in [6, 6.07) is 18.4. The van der Waals surface area contributed by atoms with Crippen LogP contribution in [0.3, 0.4) is 0 Å². The van der Waals surface area contributed by atoms with Crippen LogP contribution in [0, 0.1) is 6.92 Å². The molecule has 5 aromatic rings. The van der Waals surface area contributed by atoms with E-state index in [1.54, 1.807) is 42.6 Å². The molecular weight excluding hydrogens is 514 g/mol. The van der Waals surface area contributed by atoms with Gasteiger partial charge in [0.05, 0.1) is 11.4 Å². The highest BCUT2D eigenvalue weighted by molar-refractivity contribution is 6.06. The van der Waals surface area contributed by atoms with Crippen LogP contribution in [0.15, 0.2) is 83.9 Å². The van der Waals surface area contributed by atoms with Gasteiger partial charge >= 0.3 is 6.03 Å². The van der Waals surface area contributed by atoms with E-state index in [4.69, 9.17) is 9.47 Å². The fourth-order valence-electron chi connectivity index (χ4n) is 3.97. The van der Waals surface area contributed by atoms with Gasteiger partial charge in [-0.1, -0.05) is 17.7 Å². The largest absolute Gasteiger partial charge is 0.455 e. The van der Waals surface area contributed by atoms with Gasteiger partial charge in [-0.05, 0) is 49.4 Å². The van der Waals surface area contributed by atoms with E-state index in [1.807, 2.05) is 31.2 Å². The number of anilines is 3. The zero-order valence-corrected chi connectivity index (χ0v) is 21.6. The summed E-state index contributed by atoms with van der Waals surface area (Å²) in [5.41, 5.74) is 2.38. The molecule has 0 bridgehead atoms. The number of H-pyrrole nitrogens is 1. The van der Waals surface area contributed by atoms with Crippen LogP contribution in [-0.4, -0.2) is 45.4 Å². The molecule has 0 aliphatic heterocycles. The summed E-state index contributed by atoms with van der Waals surface area (Å²) in [5, 5.41) is 11.5. The third kappa shape index (κ3) is 5.97. The predicted molar refractivity (Wildman–Crippen MR) is 150 cm³/mol. The zero-order chi connectivity index (χ0) is 28.1. The molecule has 0 radical (unpaired) electrons. The first-order valence-corrected chi connectivity index (χ1v) is 12.2. The van der Waals surface area contributed by atoms with E-state index in [1.165, 1.54) is 24.1 Å². The third-order valence-corrected chi connectivity index (χ3v) is 5.75. The second-order valence-electron chi connectivity index (χ2n) is 8.73. The molecule has 4 N–H and O–H groups in total. The molecule has 2 aromatic carbocycles. The van der Waals surface area contributed by atoms with Gasteiger partial charge in [0.25, 0.3) is 11.5 Å². The third-order valence-electron chi connectivity index (χ3n) is 5.75. The van der Waals surface area contributed by atoms with E-state index < -0.39 is 6.03 Å². The Morgan fingerprint density at radius 2 is 1.77 bits per heavy atom. The van der Waals surface area contributed by atoms with Gasteiger partial charge < -0.3 is 20.1 Å². The number of rotatable bonds is 8. The number of carbonyl (C=O) groups is 2. The van der Waals surface area contributed by atoms with Crippen LogP contribution in [0.2, 0.25) is 0 Å². The van der Waals surface area contributed by atoms with E-state index in [0.29, 0.717) is 39.6 Å². The maximum Gasteiger partial charge on any atom is 0.324 e. The van der Waals surface area contributed by atoms with Crippen LogP contribution in [0.25, 0.3) is 16.6 Å². The van der Waals surface area contributed by atoms with Crippen molar-refractivity contribution < 1.29 is 19.1 Å². The number of carbonyl (C=O) groups excluding carboxylic acids is 2. The van der Waals surface area contributed by atoms with Crippen molar-refractivity contribution in [3.8, 4) is 17.2 Å². The fourth-order valence-corrected chi connectivity index (χ4v) is 3.97. The number of pyridine rings is 2. The minimum absolute atomic E-state index is 0.0998. The van der Waals surface area contributed by atoms with Gasteiger partial charge in [-0.3, -0.25) is 25.0 Å². The lowest BCUT2D eigenvalue weighted by Gasteiger charge is -2.14. The number of nitrogens with zero attached hydrogens (tertiary/aromatic N) is 3. The maximum absolute atomic E-state index is 13.0. The Morgan fingerprint density at radius 1 is 0.950 bits per heavy atom. The highest BCUT2D eigenvalue weighted by Crippen LogP contribution is 2.33. The number of nitrogens with one attached hydrogen (secondary N) is 4. The quantitative estimate of drug-likeness (QED) is 0.227. The number of ether oxygens (including phenoxy) is 2. The number of aromatic nitrogens is 4. The van der Waals surface area contributed by atoms with Gasteiger partial charge in [0.2, 0.25) is 0 Å². The number of hydrogen-bond acceptors (Lipinski definition) is 7. The predicted octanol–water partition coefficient (Wildman–Crippen LogP) is 4.44. The van der Waals surface area contributed by atoms with Gasteiger partial charge in [-0.15, -0.1) is 0 Å². The van der Waals surface area contributed by atoms with Crippen molar-refractivity contribution in [2.75, 3.05) is 29.7 Å². The Hall–Kier alpha value is -5.49. The average molecular weight is 540 g/mol. The van der Waals surface area contributed by atoms with Gasteiger partial charge in [-0.2, -0.15) is 0 Å². The van der Waals surface area contributed by atoms with Crippen LogP contribution >= 0.6 is 0 Å². The number of amides is 3. The fraction of sp³-hybridized carbons (Fsp3) is 0.107. The highest BCUT2D eigenvalue weighted by Gasteiger charge is 2.14. The molecule has 3 amide bonds. The summed E-state index contributed by atoms with van der Waals surface area (Å²) >= 11 is 0. The minimum atomic E-state index is -0.552. The lowest BCUT2D eigenvalue weighted by molar-refractivity contribution is -0.119. The summed E-state index contributed by atoms with van der Waals surface area (Å²) in [6.07, 6.45) is 3.12. The second kappa shape index (κ2) is 11.5. The van der Waals surface area contributed by atoms with E-state index in [9.17, 15) is 14.4 Å². The standard InChI is InChI=1S/C28H25N7O5/c1-17-5-7-18(8-6-17)35-24(15-25(36)34-35)33-28(38)31-21-9-10-22(27-20(21)4-3-12-30-27)40-19-11-13-29-23(14-19)32-26(37)16-39-2/h3-15H,16H2,1-2H3,(H,34,36)(H,29,32,37)(H2,31,33,38). The van der Waals surface area contributed by atoms with Crippen molar-refractivity contribution in [1.29, 1.82) is 0 Å². The molecule has 0 aliphatic rings. The van der Waals surface area contributed by atoms with Gasteiger partial charge in [0, 0.05) is 37.0 Å². The lowest BCUT2D eigenvalue weighted by atomic mass is 10.1. The Kier molecular flexibility index (Phi) is 7.51. The molecule has 202 valence electrons. The molecule has 0 atom stereocenters. The minimum Gasteiger partial charge on any atom is -0.455 e. The van der Waals surface area contributed by atoms with E-state index >= 15 is 0 Å². The summed E-state index contributed by atoms with van der Waals surface area (Å²) < 4.78 is 12.4. The van der Waals surface area contributed by atoms with Gasteiger partial charge in [0.1, 0.15) is 29.5 Å². The number of hydrogen-bond donors (Lipinski definition) is 4. The van der Waals surface area contributed by atoms with Crippen LogP contribution in [-0.2, 0) is 9.53 Å². The number of fused-ring (bicyclic) bond motifs is 1. The molecular formula is C28H25N7O5. The summed E-state index contributed by atoms with van der Waals surface area (Å²) in [5.74, 6) is 1.10. The van der Waals surface area contributed by atoms with Crippen LogP contribution in [0.1, 0.15) is 5.56 Å². The number of urea groups is 1. The van der Waals surface area contributed by atoms with Gasteiger partial charge in [0.15, 0.2) is 5.75 Å². The molecule has 0 saturated carbocycles. The molecule has 0 fully saturated rings. The first-order valence-electron chi connectivity index (χ1n) is 12.2. The smallest absolute Gasteiger partial charge is 0.324 e. The normalized spacial score (nSPS) is 10.8. The molecule has 3 aromatic heterocycles. The van der Waals surface area contributed by atoms with Crippen LogP contribution in [0.5, 0.6) is 11.5 Å². The first kappa shape index (κ1) is 26.1. The SMILES string of the molecule is COCC(=O)Nc1cc(Oc2ccc(NC(=O)Nc3cc(=O)[nH]n3-c3ccc(C)cc3)c3cccnc23)ccn1. The molecule has 0 saturated heterocycles. The van der Waals surface area contributed by atoms with E-state index in [-0.39, 0.29) is 23.9 Å².